The number of ether oxygens (including phenoxy) is 1. The first kappa shape index (κ1) is 11.2. The standard InChI is InChI=1S/C15H12O2/c1-3-15(17-11(2)16)14-9-8-12-6-4-5-7-13(12)10-14/h1,4-10,15H,2H3/t15-/m0/s1. The summed E-state index contributed by atoms with van der Waals surface area (Å²) in [5, 5.41) is 2.22. The molecule has 0 aromatic heterocycles. The number of benzene rings is 2. The molecule has 0 unspecified atom stereocenters. The van der Waals surface area contributed by atoms with Crippen molar-refractivity contribution in [2.75, 3.05) is 0 Å². The Hall–Kier alpha value is -2.27. The van der Waals surface area contributed by atoms with Crippen molar-refractivity contribution in [1.29, 1.82) is 0 Å². The Morgan fingerprint density at radius 1 is 1.24 bits per heavy atom. The number of hydrogen-bond donors (Lipinski definition) is 0. The molecule has 2 aromatic carbocycles. The number of fused-ring (bicyclic) bond motifs is 1. The van der Waals surface area contributed by atoms with E-state index in [1.165, 1.54) is 6.92 Å². The lowest BCUT2D eigenvalue weighted by Gasteiger charge is -2.11. The van der Waals surface area contributed by atoms with Crippen molar-refractivity contribution in [3.63, 3.8) is 0 Å². The first-order valence-electron chi connectivity index (χ1n) is 5.33. The number of rotatable bonds is 2. The lowest BCUT2D eigenvalue weighted by Crippen LogP contribution is -2.06. The van der Waals surface area contributed by atoms with Crippen molar-refractivity contribution >= 4 is 16.7 Å². The van der Waals surface area contributed by atoms with E-state index in [4.69, 9.17) is 11.2 Å². The maximum atomic E-state index is 10.9. The molecule has 2 heteroatoms. The molecule has 1 atom stereocenters. The quantitative estimate of drug-likeness (QED) is 0.579. The number of hydrogen-bond acceptors (Lipinski definition) is 2. The summed E-state index contributed by atoms with van der Waals surface area (Å²) < 4.78 is 5.06. The fourth-order valence-corrected chi connectivity index (χ4v) is 1.74. The molecular weight excluding hydrogens is 212 g/mol. The molecule has 0 saturated heterocycles. The third-order valence-corrected chi connectivity index (χ3v) is 2.51. The Bertz CT molecular complexity index is 593. The molecule has 2 aromatic rings. The summed E-state index contributed by atoms with van der Waals surface area (Å²) in [6.07, 6.45) is 4.76. The molecule has 84 valence electrons. The van der Waals surface area contributed by atoms with Crippen molar-refractivity contribution in [3.05, 3.63) is 48.0 Å². The van der Waals surface area contributed by atoms with E-state index in [0.717, 1.165) is 16.3 Å². The lowest BCUT2D eigenvalue weighted by atomic mass is 10.0. The van der Waals surface area contributed by atoms with E-state index >= 15 is 0 Å². The second kappa shape index (κ2) is 4.71. The summed E-state index contributed by atoms with van der Waals surface area (Å²) in [6.45, 7) is 1.35. The first-order valence-corrected chi connectivity index (χ1v) is 5.33. The zero-order chi connectivity index (χ0) is 12.3. The highest BCUT2D eigenvalue weighted by atomic mass is 16.5. The fourth-order valence-electron chi connectivity index (χ4n) is 1.74. The molecular formula is C15H12O2. The highest BCUT2D eigenvalue weighted by Gasteiger charge is 2.11. The third kappa shape index (κ3) is 2.46. The maximum Gasteiger partial charge on any atom is 0.304 e. The SMILES string of the molecule is C#C[C@H](OC(C)=O)c1ccc2ccccc2c1. The van der Waals surface area contributed by atoms with Crippen LogP contribution in [0, 0.1) is 12.3 Å². The normalized spacial score (nSPS) is 11.8. The van der Waals surface area contributed by atoms with E-state index in [-0.39, 0.29) is 5.97 Å². The number of carbonyl (C=O) groups excluding carboxylic acids is 1. The molecule has 0 fully saturated rings. The van der Waals surface area contributed by atoms with Crippen LogP contribution in [0.4, 0.5) is 0 Å². The topological polar surface area (TPSA) is 26.3 Å². The summed E-state index contributed by atoms with van der Waals surface area (Å²) in [4.78, 5) is 10.9. The molecule has 0 aliphatic heterocycles. The van der Waals surface area contributed by atoms with Crippen molar-refractivity contribution in [3.8, 4) is 12.3 Å². The Labute approximate surface area is 100 Å². The number of esters is 1. The fraction of sp³-hybridized carbons (Fsp3) is 0.133. The molecule has 2 nitrogen and oxygen atoms in total. The summed E-state index contributed by atoms with van der Waals surface area (Å²) in [5.74, 6) is 2.10. The summed E-state index contributed by atoms with van der Waals surface area (Å²) in [6, 6.07) is 13.8. The number of terminal acetylenes is 1. The molecule has 0 spiro atoms. The Kier molecular flexibility index (Phi) is 3.11. The van der Waals surface area contributed by atoms with E-state index < -0.39 is 6.10 Å². The zero-order valence-corrected chi connectivity index (χ0v) is 9.51. The van der Waals surface area contributed by atoms with Crippen LogP contribution in [0.3, 0.4) is 0 Å². The molecule has 0 saturated carbocycles. The predicted molar refractivity (Wildman–Crippen MR) is 67.3 cm³/mol. The van der Waals surface area contributed by atoms with Crippen LogP contribution in [0.1, 0.15) is 18.6 Å². The van der Waals surface area contributed by atoms with E-state index in [9.17, 15) is 4.79 Å². The van der Waals surface area contributed by atoms with Gasteiger partial charge >= 0.3 is 5.97 Å². The highest BCUT2D eigenvalue weighted by molar-refractivity contribution is 5.83. The molecule has 0 aliphatic carbocycles. The van der Waals surface area contributed by atoms with Gasteiger partial charge in [0.1, 0.15) is 0 Å². The van der Waals surface area contributed by atoms with Crippen molar-refractivity contribution in [2.45, 2.75) is 13.0 Å². The minimum atomic E-state index is -0.614. The molecule has 2 rings (SSSR count). The molecule has 0 heterocycles. The minimum absolute atomic E-state index is 0.374. The van der Waals surface area contributed by atoms with Gasteiger partial charge in [-0.25, -0.2) is 0 Å². The molecule has 0 bridgehead atoms. The monoisotopic (exact) mass is 224 g/mol. The van der Waals surface area contributed by atoms with Gasteiger partial charge < -0.3 is 4.74 Å². The Morgan fingerprint density at radius 3 is 2.59 bits per heavy atom. The maximum absolute atomic E-state index is 10.9. The number of carbonyl (C=O) groups is 1. The Morgan fingerprint density at radius 2 is 1.94 bits per heavy atom. The molecule has 0 aliphatic rings. The van der Waals surface area contributed by atoms with Gasteiger partial charge in [0, 0.05) is 12.5 Å². The van der Waals surface area contributed by atoms with Crippen molar-refractivity contribution < 1.29 is 9.53 Å². The summed E-state index contributed by atoms with van der Waals surface area (Å²) in [5.41, 5.74) is 0.821. The van der Waals surface area contributed by atoms with Gasteiger partial charge in [-0.05, 0) is 16.8 Å². The average molecular weight is 224 g/mol. The van der Waals surface area contributed by atoms with Gasteiger partial charge in [-0.3, -0.25) is 4.79 Å². The summed E-state index contributed by atoms with van der Waals surface area (Å²) in [7, 11) is 0. The average Bonchev–Trinajstić information content (AvgIpc) is 2.35. The van der Waals surface area contributed by atoms with Gasteiger partial charge in [0.15, 0.2) is 6.10 Å². The van der Waals surface area contributed by atoms with E-state index in [2.05, 4.69) is 5.92 Å². The van der Waals surface area contributed by atoms with Crippen LogP contribution in [0.5, 0.6) is 0 Å². The third-order valence-electron chi connectivity index (χ3n) is 2.51. The molecule has 17 heavy (non-hydrogen) atoms. The van der Waals surface area contributed by atoms with E-state index in [1.54, 1.807) is 0 Å². The van der Waals surface area contributed by atoms with Gasteiger partial charge in [-0.2, -0.15) is 0 Å². The second-order valence-corrected chi connectivity index (χ2v) is 3.76. The van der Waals surface area contributed by atoms with Crippen LogP contribution in [-0.2, 0) is 9.53 Å². The van der Waals surface area contributed by atoms with Crippen molar-refractivity contribution in [1.82, 2.24) is 0 Å². The van der Waals surface area contributed by atoms with Crippen LogP contribution >= 0.6 is 0 Å². The van der Waals surface area contributed by atoms with Crippen LogP contribution in [-0.4, -0.2) is 5.97 Å². The molecule has 0 N–H and O–H groups in total. The van der Waals surface area contributed by atoms with Gasteiger partial charge in [0.05, 0.1) is 0 Å². The predicted octanol–water partition coefficient (Wildman–Crippen LogP) is 3.08. The van der Waals surface area contributed by atoms with Crippen LogP contribution in [0.25, 0.3) is 10.8 Å². The Balaban J connectivity index is 2.41. The first-order chi connectivity index (χ1) is 8.20. The smallest absolute Gasteiger partial charge is 0.304 e. The van der Waals surface area contributed by atoms with Crippen LogP contribution < -0.4 is 0 Å². The van der Waals surface area contributed by atoms with Gasteiger partial charge in [0.2, 0.25) is 0 Å². The van der Waals surface area contributed by atoms with Gasteiger partial charge in [0.25, 0.3) is 0 Å². The highest BCUT2D eigenvalue weighted by Crippen LogP contribution is 2.22. The zero-order valence-electron chi connectivity index (χ0n) is 9.51. The molecule has 0 amide bonds. The van der Waals surface area contributed by atoms with Gasteiger partial charge in [-0.15, -0.1) is 6.42 Å². The van der Waals surface area contributed by atoms with E-state index in [0.29, 0.717) is 0 Å². The van der Waals surface area contributed by atoms with Crippen LogP contribution in [0.15, 0.2) is 42.5 Å². The summed E-state index contributed by atoms with van der Waals surface area (Å²) >= 11 is 0. The minimum Gasteiger partial charge on any atom is -0.444 e. The van der Waals surface area contributed by atoms with Gasteiger partial charge in [-0.1, -0.05) is 42.3 Å². The largest absolute Gasteiger partial charge is 0.444 e. The second-order valence-electron chi connectivity index (χ2n) is 3.76. The lowest BCUT2D eigenvalue weighted by molar-refractivity contribution is -0.144. The molecule has 0 radical (unpaired) electrons. The van der Waals surface area contributed by atoms with E-state index in [1.807, 2.05) is 42.5 Å². The van der Waals surface area contributed by atoms with Crippen LogP contribution in [0.2, 0.25) is 0 Å². The van der Waals surface area contributed by atoms with Crippen molar-refractivity contribution in [2.24, 2.45) is 0 Å².